The maximum absolute atomic E-state index is 12.7. The number of carbonyl (C=O) groups excluding carboxylic acids is 1. The Hall–Kier alpha value is -2.76. The van der Waals surface area contributed by atoms with E-state index < -0.39 is 17.8 Å². The molecular weight excluding hydrogens is 469 g/mol. The van der Waals surface area contributed by atoms with Crippen molar-refractivity contribution < 1.29 is 27.4 Å². The van der Waals surface area contributed by atoms with Crippen LogP contribution in [0.3, 0.4) is 0 Å². The van der Waals surface area contributed by atoms with Crippen molar-refractivity contribution in [2.75, 3.05) is 19.8 Å². The van der Waals surface area contributed by atoms with Crippen LogP contribution in [0.25, 0.3) is 10.6 Å². The molecule has 0 unspecified atom stereocenters. The summed E-state index contributed by atoms with van der Waals surface area (Å²) in [5, 5.41) is 3.16. The smallest absolute Gasteiger partial charge is 0.430 e. The fourth-order valence-corrected chi connectivity index (χ4v) is 3.64. The number of rotatable bonds is 7. The Balaban J connectivity index is 1.76. The van der Waals surface area contributed by atoms with Crippen molar-refractivity contribution in [2.45, 2.75) is 18.7 Å². The van der Waals surface area contributed by atoms with E-state index in [1.54, 1.807) is 18.2 Å². The van der Waals surface area contributed by atoms with Crippen LogP contribution < -0.4 is 21.5 Å². The molecule has 0 spiro atoms. The number of allylic oxidation sites excluding steroid dienone is 3. The first-order valence-electron chi connectivity index (χ1n) is 9.40. The van der Waals surface area contributed by atoms with Gasteiger partial charge in [0.1, 0.15) is 26.9 Å². The fourth-order valence-electron chi connectivity index (χ4n) is 2.74. The molecule has 5 N–H and O–H groups in total. The van der Waals surface area contributed by atoms with Gasteiger partial charge in [0, 0.05) is 23.2 Å². The summed E-state index contributed by atoms with van der Waals surface area (Å²) in [6.07, 6.45) is -0.920. The van der Waals surface area contributed by atoms with Crippen LogP contribution in [0.2, 0.25) is 4.34 Å². The zero-order chi connectivity index (χ0) is 23.3. The van der Waals surface area contributed by atoms with Gasteiger partial charge in [-0.25, -0.2) is 4.98 Å². The molecule has 0 radical (unpaired) electrons. The van der Waals surface area contributed by atoms with Crippen molar-refractivity contribution in [3.8, 4) is 16.3 Å². The van der Waals surface area contributed by atoms with E-state index in [9.17, 15) is 18.0 Å². The number of nitrogens with one attached hydrogen (secondary N) is 1. The molecule has 1 aromatic heterocycles. The number of halogens is 4. The molecule has 1 fully saturated rings. The van der Waals surface area contributed by atoms with Crippen molar-refractivity contribution >= 4 is 28.8 Å². The molecule has 32 heavy (non-hydrogen) atoms. The number of aromatic nitrogens is 1. The van der Waals surface area contributed by atoms with E-state index in [0.717, 1.165) is 12.5 Å². The number of hydrogen-bond acceptors (Lipinski definition) is 7. The second kappa shape index (κ2) is 10.2. The van der Waals surface area contributed by atoms with Gasteiger partial charge in [0.05, 0.1) is 26.0 Å². The average Bonchev–Trinajstić information content (AvgIpc) is 3.40. The minimum absolute atomic E-state index is 0.00649. The second-order valence-corrected chi connectivity index (χ2v) is 8.53. The number of nitrogens with zero attached hydrogens (tertiary/aromatic N) is 1. The molecular formula is C20H20ClF3N4O3S. The molecule has 1 amide bonds. The average molecular weight is 489 g/mol. The SMILES string of the molecule is N/C(=C\C=C(/N)C(F)(F)F)CNC(=O)c1cc(O[C@@H]2CCOC2)cc(-c2ncc(Cl)s2)c1. The Morgan fingerprint density at radius 2 is 2.12 bits per heavy atom. The molecule has 0 bridgehead atoms. The number of amides is 1. The summed E-state index contributed by atoms with van der Waals surface area (Å²) in [5.74, 6) is -0.0370. The summed E-state index contributed by atoms with van der Waals surface area (Å²) < 4.78 is 49.0. The number of benzene rings is 1. The van der Waals surface area contributed by atoms with Crippen LogP contribution in [0.1, 0.15) is 16.8 Å². The monoisotopic (exact) mass is 488 g/mol. The minimum atomic E-state index is -4.65. The third-order valence-corrected chi connectivity index (χ3v) is 5.51. The lowest BCUT2D eigenvalue weighted by Gasteiger charge is -2.14. The summed E-state index contributed by atoms with van der Waals surface area (Å²) in [4.78, 5) is 16.9. The fraction of sp³-hybridized carbons (Fsp3) is 0.300. The van der Waals surface area contributed by atoms with E-state index in [0.29, 0.717) is 39.9 Å². The van der Waals surface area contributed by atoms with E-state index in [1.165, 1.54) is 17.5 Å². The Kier molecular flexibility index (Phi) is 7.64. The predicted octanol–water partition coefficient (Wildman–Crippen LogP) is 3.61. The molecule has 12 heteroatoms. The van der Waals surface area contributed by atoms with Crippen LogP contribution in [0, 0.1) is 0 Å². The number of hydrogen-bond donors (Lipinski definition) is 3. The molecule has 7 nitrogen and oxygen atoms in total. The number of carbonyl (C=O) groups is 1. The summed E-state index contributed by atoms with van der Waals surface area (Å²) in [6.45, 7) is 0.865. The van der Waals surface area contributed by atoms with Crippen LogP contribution in [-0.4, -0.2) is 42.9 Å². The number of alkyl halides is 3. The van der Waals surface area contributed by atoms with Gasteiger partial charge in [0.15, 0.2) is 0 Å². The highest BCUT2D eigenvalue weighted by molar-refractivity contribution is 7.18. The zero-order valence-electron chi connectivity index (χ0n) is 16.6. The van der Waals surface area contributed by atoms with Crippen molar-refractivity contribution in [1.82, 2.24) is 10.3 Å². The molecule has 3 rings (SSSR count). The van der Waals surface area contributed by atoms with Crippen molar-refractivity contribution in [1.29, 1.82) is 0 Å². The van der Waals surface area contributed by atoms with Crippen LogP contribution >= 0.6 is 22.9 Å². The predicted molar refractivity (Wildman–Crippen MR) is 115 cm³/mol. The molecule has 172 valence electrons. The summed E-state index contributed by atoms with van der Waals surface area (Å²) in [6, 6.07) is 4.93. The Bertz CT molecular complexity index is 1030. The van der Waals surface area contributed by atoms with Crippen LogP contribution in [0.5, 0.6) is 5.75 Å². The highest BCUT2D eigenvalue weighted by Crippen LogP contribution is 2.32. The number of nitrogens with two attached hydrogens (primary N) is 2. The van der Waals surface area contributed by atoms with E-state index >= 15 is 0 Å². The van der Waals surface area contributed by atoms with Crippen LogP contribution in [0.4, 0.5) is 13.2 Å². The molecule has 2 aromatic rings. The molecule has 1 atom stereocenters. The first kappa shape index (κ1) is 23.9. The van der Waals surface area contributed by atoms with Gasteiger partial charge in [0.2, 0.25) is 0 Å². The summed E-state index contributed by atoms with van der Waals surface area (Å²) in [7, 11) is 0. The van der Waals surface area contributed by atoms with E-state index in [4.69, 9.17) is 32.5 Å². The van der Waals surface area contributed by atoms with Crippen LogP contribution in [0.15, 0.2) is 47.9 Å². The maximum Gasteiger partial charge on any atom is 0.430 e. The van der Waals surface area contributed by atoms with Gasteiger partial charge < -0.3 is 26.3 Å². The second-order valence-electron chi connectivity index (χ2n) is 6.86. The maximum atomic E-state index is 12.7. The Morgan fingerprint density at radius 3 is 2.75 bits per heavy atom. The summed E-state index contributed by atoms with van der Waals surface area (Å²) in [5.41, 5.74) is 10.2. The van der Waals surface area contributed by atoms with Crippen LogP contribution in [-0.2, 0) is 4.74 Å². The van der Waals surface area contributed by atoms with Gasteiger partial charge >= 0.3 is 6.18 Å². The molecule has 1 aromatic carbocycles. The van der Waals surface area contributed by atoms with Gasteiger partial charge in [-0.1, -0.05) is 11.6 Å². The first-order valence-corrected chi connectivity index (χ1v) is 10.6. The van der Waals surface area contributed by atoms with E-state index in [-0.39, 0.29) is 23.9 Å². The number of thiazole rings is 1. The lowest BCUT2D eigenvalue weighted by molar-refractivity contribution is -0.0926. The number of ether oxygens (including phenoxy) is 2. The third kappa shape index (κ3) is 6.62. The van der Waals surface area contributed by atoms with Gasteiger partial charge in [0.25, 0.3) is 5.91 Å². The zero-order valence-corrected chi connectivity index (χ0v) is 18.2. The molecule has 1 aliphatic rings. The lowest BCUT2D eigenvalue weighted by Crippen LogP contribution is -2.28. The van der Waals surface area contributed by atoms with E-state index in [1.807, 2.05) is 0 Å². The first-order chi connectivity index (χ1) is 15.1. The third-order valence-electron chi connectivity index (χ3n) is 4.34. The van der Waals surface area contributed by atoms with Gasteiger partial charge in [-0.05, 0) is 30.4 Å². The van der Waals surface area contributed by atoms with E-state index in [2.05, 4.69) is 10.3 Å². The quantitative estimate of drug-likeness (QED) is 0.513. The van der Waals surface area contributed by atoms with Crippen molar-refractivity contribution in [3.63, 3.8) is 0 Å². The summed E-state index contributed by atoms with van der Waals surface area (Å²) >= 11 is 7.22. The van der Waals surface area contributed by atoms with Gasteiger partial charge in [-0.15, -0.1) is 11.3 Å². The molecule has 0 aliphatic carbocycles. The Labute approximate surface area is 190 Å². The molecule has 1 saturated heterocycles. The van der Waals surface area contributed by atoms with Gasteiger partial charge in [-0.3, -0.25) is 4.79 Å². The topological polar surface area (TPSA) is 112 Å². The Morgan fingerprint density at radius 1 is 1.34 bits per heavy atom. The highest BCUT2D eigenvalue weighted by Gasteiger charge is 2.30. The van der Waals surface area contributed by atoms with Crippen molar-refractivity contribution in [3.05, 3.63) is 57.8 Å². The lowest BCUT2D eigenvalue weighted by atomic mass is 10.1. The van der Waals surface area contributed by atoms with Crippen molar-refractivity contribution in [2.24, 2.45) is 11.5 Å². The van der Waals surface area contributed by atoms with Gasteiger partial charge in [-0.2, -0.15) is 13.2 Å². The molecule has 2 heterocycles. The highest BCUT2D eigenvalue weighted by atomic mass is 35.5. The molecule has 0 saturated carbocycles. The standard InChI is InChI=1S/C20H20ClF3N4O3S/c21-17-9-28-19(32-17)12-5-11(6-15(7-12)31-14-3-4-30-10-14)18(29)27-8-13(25)1-2-16(26)20(22,23)24/h1-2,5-7,9,14H,3-4,8,10,25-26H2,(H,27,29)/b13-1-,16-2-/t14-/m1/s1. The minimum Gasteiger partial charge on any atom is -0.488 e. The normalized spacial score (nSPS) is 17.4. The largest absolute Gasteiger partial charge is 0.488 e. The molecule has 1 aliphatic heterocycles.